The van der Waals surface area contributed by atoms with E-state index in [-0.39, 0.29) is 17.3 Å². The van der Waals surface area contributed by atoms with Gasteiger partial charge in [0.05, 0.1) is 22.8 Å². The zero-order valence-electron chi connectivity index (χ0n) is 10.9. The van der Waals surface area contributed by atoms with Crippen LogP contribution in [-0.4, -0.2) is 28.3 Å². The van der Waals surface area contributed by atoms with Crippen molar-refractivity contribution in [1.82, 2.24) is 10.1 Å². The van der Waals surface area contributed by atoms with Crippen LogP contribution in [0.5, 0.6) is 0 Å². The number of rotatable bonds is 6. The van der Waals surface area contributed by atoms with E-state index in [2.05, 4.69) is 10.1 Å². The molecule has 0 radical (unpaired) electrons. The van der Waals surface area contributed by atoms with E-state index in [0.29, 0.717) is 31.0 Å². The summed E-state index contributed by atoms with van der Waals surface area (Å²) in [6, 6.07) is 4.10. The summed E-state index contributed by atoms with van der Waals surface area (Å²) < 4.78 is 10.3. The Morgan fingerprint density at radius 1 is 1.50 bits per heavy atom. The highest BCUT2D eigenvalue weighted by Gasteiger charge is 2.15. The molecule has 0 unspecified atom stereocenters. The maximum Gasteiger partial charge on any atom is 0.271 e. The van der Waals surface area contributed by atoms with E-state index in [1.165, 1.54) is 18.2 Å². The van der Waals surface area contributed by atoms with Gasteiger partial charge in [-0.25, -0.2) is 0 Å². The van der Waals surface area contributed by atoms with Gasteiger partial charge in [0.15, 0.2) is 5.82 Å². The number of benzene rings is 1. The van der Waals surface area contributed by atoms with E-state index in [9.17, 15) is 10.1 Å². The Balaban J connectivity index is 2.17. The number of hydrogen-bond donors (Lipinski definition) is 1. The van der Waals surface area contributed by atoms with Gasteiger partial charge in [-0.15, -0.1) is 0 Å². The Morgan fingerprint density at radius 3 is 2.95 bits per heavy atom. The summed E-state index contributed by atoms with van der Waals surface area (Å²) in [6.45, 7) is 3.03. The Bertz CT molecular complexity index is 611. The second kappa shape index (κ2) is 6.11. The van der Waals surface area contributed by atoms with Crippen LogP contribution in [0, 0.1) is 10.1 Å². The lowest BCUT2D eigenvalue weighted by Crippen LogP contribution is -1.99. The lowest BCUT2D eigenvalue weighted by atomic mass is 10.1. The summed E-state index contributed by atoms with van der Waals surface area (Å²) in [5.74, 6) is 0.745. The van der Waals surface area contributed by atoms with Gasteiger partial charge in [-0.05, 0) is 13.0 Å². The molecule has 1 aromatic heterocycles. The summed E-state index contributed by atoms with van der Waals surface area (Å²) >= 11 is 0. The zero-order valence-corrected chi connectivity index (χ0v) is 10.9. The summed E-state index contributed by atoms with van der Waals surface area (Å²) in [6.07, 6.45) is 0.532. The first-order valence-corrected chi connectivity index (χ1v) is 6.06. The highest BCUT2D eigenvalue weighted by Crippen LogP contribution is 2.28. The minimum absolute atomic E-state index is 0.0812. The first-order chi connectivity index (χ1) is 9.61. The molecule has 0 aliphatic rings. The molecule has 20 heavy (non-hydrogen) atoms. The van der Waals surface area contributed by atoms with Crippen molar-refractivity contribution in [2.75, 3.05) is 18.9 Å². The lowest BCUT2D eigenvalue weighted by Gasteiger charge is -1.99. The molecule has 8 heteroatoms. The van der Waals surface area contributed by atoms with Crippen molar-refractivity contribution in [3.05, 3.63) is 34.1 Å². The molecule has 0 saturated carbocycles. The van der Waals surface area contributed by atoms with E-state index in [4.69, 9.17) is 15.0 Å². The van der Waals surface area contributed by atoms with E-state index < -0.39 is 4.92 Å². The number of nitro groups is 1. The van der Waals surface area contributed by atoms with Crippen molar-refractivity contribution in [3.8, 4) is 11.5 Å². The number of aromatic nitrogens is 2. The molecule has 2 aromatic rings. The van der Waals surface area contributed by atoms with Crippen LogP contribution in [0.1, 0.15) is 12.7 Å². The van der Waals surface area contributed by atoms with Crippen molar-refractivity contribution in [2.24, 2.45) is 0 Å². The van der Waals surface area contributed by atoms with E-state index in [1.54, 1.807) is 0 Å². The molecule has 1 aromatic carbocycles. The fraction of sp³-hybridized carbons (Fsp3) is 0.333. The molecule has 0 spiro atoms. The van der Waals surface area contributed by atoms with Gasteiger partial charge in [0.2, 0.25) is 0 Å². The maximum absolute atomic E-state index is 10.6. The third-order valence-corrected chi connectivity index (χ3v) is 2.62. The van der Waals surface area contributed by atoms with Gasteiger partial charge in [-0.1, -0.05) is 5.16 Å². The van der Waals surface area contributed by atoms with E-state index >= 15 is 0 Å². The summed E-state index contributed by atoms with van der Waals surface area (Å²) in [5, 5.41) is 14.4. The molecular weight excluding hydrogens is 264 g/mol. The zero-order chi connectivity index (χ0) is 14.5. The molecule has 106 valence electrons. The average Bonchev–Trinajstić information content (AvgIpc) is 2.87. The van der Waals surface area contributed by atoms with Gasteiger partial charge in [0.25, 0.3) is 11.6 Å². The highest BCUT2D eigenvalue weighted by atomic mass is 16.6. The minimum Gasteiger partial charge on any atom is -0.398 e. The van der Waals surface area contributed by atoms with Crippen LogP contribution in [-0.2, 0) is 11.2 Å². The van der Waals surface area contributed by atoms with E-state index in [1.807, 2.05) is 6.92 Å². The van der Waals surface area contributed by atoms with Gasteiger partial charge in [0.1, 0.15) is 0 Å². The van der Waals surface area contributed by atoms with Gasteiger partial charge >= 0.3 is 0 Å². The topological polar surface area (TPSA) is 117 Å². The van der Waals surface area contributed by atoms with E-state index in [0.717, 1.165) is 0 Å². The monoisotopic (exact) mass is 278 g/mol. The number of non-ortho nitro benzene ring substituents is 1. The quantitative estimate of drug-likeness (QED) is 0.370. The summed E-state index contributed by atoms with van der Waals surface area (Å²) in [7, 11) is 0. The SMILES string of the molecule is CCOCCc1noc(-c2ccc([N+](=O)[O-])cc2N)n1. The van der Waals surface area contributed by atoms with Gasteiger partial charge in [0, 0.05) is 25.2 Å². The first kappa shape index (κ1) is 13.9. The van der Waals surface area contributed by atoms with Gasteiger partial charge in [-0.2, -0.15) is 4.98 Å². The number of ether oxygens (including phenoxy) is 1. The third kappa shape index (κ3) is 3.09. The molecule has 0 amide bonds. The number of hydrogen-bond acceptors (Lipinski definition) is 7. The molecule has 2 rings (SSSR count). The Morgan fingerprint density at radius 2 is 2.30 bits per heavy atom. The van der Waals surface area contributed by atoms with Crippen LogP contribution in [0.2, 0.25) is 0 Å². The molecule has 0 aliphatic carbocycles. The molecular formula is C12H14N4O4. The fourth-order valence-electron chi connectivity index (χ4n) is 1.63. The van der Waals surface area contributed by atoms with Crippen LogP contribution < -0.4 is 5.73 Å². The average molecular weight is 278 g/mol. The molecule has 1 heterocycles. The number of anilines is 1. The third-order valence-electron chi connectivity index (χ3n) is 2.62. The van der Waals surface area contributed by atoms with Crippen LogP contribution in [0.4, 0.5) is 11.4 Å². The number of nitrogens with zero attached hydrogens (tertiary/aromatic N) is 3. The van der Waals surface area contributed by atoms with Crippen molar-refractivity contribution in [1.29, 1.82) is 0 Å². The molecule has 0 bridgehead atoms. The first-order valence-electron chi connectivity index (χ1n) is 6.06. The fourth-order valence-corrected chi connectivity index (χ4v) is 1.63. The second-order valence-corrected chi connectivity index (χ2v) is 3.99. The maximum atomic E-state index is 10.6. The predicted octanol–water partition coefficient (Wildman–Crippen LogP) is 1.81. The Kier molecular flexibility index (Phi) is 4.26. The Labute approximate surface area is 114 Å². The minimum atomic E-state index is -0.512. The second-order valence-electron chi connectivity index (χ2n) is 3.99. The number of nitrogens with two attached hydrogens (primary N) is 1. The Hall–Kier alpha value is -2.48. The number of nitrogen functional groups attached to an aromatic ring is 1. The highest BCUT2D eigenvalue weighted by molar-refractivity contribution is 5.72. The van der Waals surface area contributed by atoms with Crippen LogP contribution in [0.3, 0.4) is 0 Å². The van der Waals surface area contributed by atoms with Crippen molar-refractivity contribution in [3.63, 3.8) is 0 Å². The molecule has 0 aliphatic heterocycles. The molecule has 0 atom stereocenters. The van der Waals surface area contributed by atoms with Gasteiger partial charge in [-0.3, -0.25) is 10.1 Å². The number of nitro benzene ring substituents is 1. The summed E-state index contributed by atoms with van der Waals surface area (Å²) in [5.41, 5.74) is 6.38. The summed E-state index contributed by atoms with van der Waals surface area (Å²) in [4.78, 5) is 14.3. The van der Waals surface area contributed by atoms with Crippen LogP contribution in [0.15, 0.2) is 22.7 Å². The lowest BCUT2D eigenvalue weighted by molar-refractivity contribution is -0.384. The van der Waals surface area contributed by atoms with Crippen molar-refractivity contribution < 1.29 is 14.2 Å². The van der Waals surface area contributed by atoms with Gasteiger partial charge < -0.3 is 15.0 Å². The molecule has 0 fully saturated rings. The molecule has 0 saturated heterocycles. The van der Waals surface area contributed by atoms with Crippen molar-refractivity contribution in [2.45, 2.75) is 13.3 Å². The predicted molar refractivity (Wildman–Crippen MR) is 71.0 cm³/mol. The standard InChI is InChI=1S/C12H14N4O4/c1-2-19-6-5-11-14-12(20-15-11)9-4-3-8(16(17)18)7-10(9)13/h3-4,7H,2,5-6,13H2,1H3. The largest absolute Gasteiger partial charge is 0.398 e. The van der Waals surface area contributed by atoms with Crippen LogP contribution in [0.25, 0.3) is 11.5 Å². The van der Waals surface area contributed by atoms with Crippen molar-refractivity contribution >= 4 is 11.4 Å². The smallest absolute Gasteiger partial charge is 0.271 e. The van der Waals surface area contributed by atoms with Crippen LogP contribution >= 0.6 is 0 Å². The normalized spacial score (nSPS) is 10.7. The molecule has 8 nitrogen and oxygen atoms in total. The molecule has 2 N–H and O–H groups in total.